The number of ether oxygens (including phenoxy) is 2. The minimum absolute atomic E-state index is 0.0840. The first-order valence-electron chi connectivity index (χ1n) is 4.97. The third-order valence-corrected chi connectivity index (χ3v) is 2.55. The zero-order chi connectivity index (χ0) is 14.4. The highest BCUT2D eigenvalue weighted by Gasteiger charge is 2.15. The van der Waals surface area contributed by atoms with Gasteiger partial charge in [-0.25, -0.2) is 0 Å². The largest absolute Gasteiger partial charge is 0.772 e. The molecule has 0 radical (unpaired) electrons. The zero-order valence-electron chi connectivity index (χ0n) is 9.86. The topological polar surface area (TPSA) is 119 Å². The van der Waals surface area contributed by atoms with Gasteiger partial charge in [0.05, 0.1) is 12.0 Å². The Morgan fingerprint density at radius 1 is 1.47 bits per heavy atom. The summed E-state index contributed by atoms with van der Waals surface area (Å²) in [5.74, 6) is -1.59. The van der Waals surface area contributed by atoms with E-state index in [0.29, 0.717) is 5.56 Å². The molecule has 0 amide bonds. The van der Waals surface area contributed by atoms with E-state index in [4.69, 9.17) is 4.74 Å². The molecule has 0 spiro atoms. The van der Waals surface area contributed by atoms with Crippen molar-refractivity contribution >= 4 is 22.7 Å². The third kappa shape index (κ3) is 4.64. The van der Waals surface area contributed by atoms with Crippen molar-refractivity contribution in [1.29, 1.82) is 0 Å². The molecule has 1 atom stereocenters. The van der Waals surface area contributed by atoms with Gasteiger partial charge in [-0.05, 0) is 22.7 Å². The second-order valence-corrected chi connectivity index (χ2v) is 4.27. The van der Waals surface area contributed by atoms with Crippen LogP contribution < -0.4 is 4.74 Å². The molecular weight excluding hydrogens is 278 g/mol. The predicted octanol–water partition coefficient (Wildman–Crippen LogP) is 0.526. The normalized spacial score (nSPS) is 11.7. The summed E-state index contributed by atoms with van der Waals surface area (Å²) in [4.78, 5) is 21.1. The number of rotatable bonds is 6. The highest BCUT2D eigenvalue weighted by molar-refractivity contribution is 7.79. The van der Waals surface area contributed by atoms with Crippen LogP contribution in [0.15, 0.2) is 18.2 Å². The van der Waals surface area contributed by atoms with E-state index in [1.165, 1.54) is 25.3 Å². The molecule has 1 unspecified atom stereocenters. The van der Waals surface area contributed by atoms with Crippen LogP contribution in [0.5, 0.6) is 5.75 Å². The van der Waals surface area contributed by atoms with Gasteiger partial charge in [0.1, 0.15) is 12.4 Å². The van der Waals surface area contributed by atoms with E-state index in [-0.39, 0.29) is 18.0 Å². The minimum atomic E-state index is -2.52. The SMILES string of the molecule is COc1ccc(COC(=O)CS(=O)[O-])cc1[N+](=O)[O-]. The van der Waals surface area contributed by atoms with Crippen molar-refractivity contribution in [3.8, 4) is 5.75 Å². The second-order valence-electron chi connectivity index (χ2n) is 3.37. The maximum Gasteiger partial charge on any atom is 0.317 e. The van der Waals surface area contributed by atoms with Crippen LogP contribution in [-0.2, 0) is 27.2 Å². The molecule has 0 aliphatic rings. The monoisotopic (exact) mass is 288 g/mol. The molecule has 0 aliphatic carbocycles. The smallest absolute Gasteiger partial charge is 0.317 e. The van der Waals surface area contributed by atoms with Crippen LogP contribution in [0.1, 0.15) is 5.56 Å². The summed E-state index contributed by atoms with van der Waals surface area (Å²) in [6.45, 7) is -0.249. The van der Waals surface area contributed by atoms with Gasteiger partial charge in [0.15, 0.2) is 5.75 Å². The summed E-state index contributed by atoms with van der Waals surface area (Å²) < 4.78 is 29.9. The Hall–Kier alpha value is -2.00. The molecule has 0 saturated carbocycles. The highest BCUT2D eigenvalue weighted by atomic mass is 32.2. The first-order valence-corrected chi connectivity index (χ1v) is 6.21. The first kappa shape index (κ1) is 15.1. The van der Waals surface area contributed by atoms with Crippen molar-refractivity contribution in [2.75, 3.05) is 12.9 Å². The fourth-order valence-electron chi connectivity index (χ4n) is 1.27. The lowest BCUT2D eigenvalue weighted by molar-refractivity contribution is -0.385. The molecular formula is C10H10NO7S-. The minimum Gasteiger partial charge on any atom is -0.772 e. The number of hydrogen-bond acceptors (Lipinski definition) is 7. The molecule has 0 saturated heterocycles. The summed E-state index contributed by atoms with van der Waals surface area (Å²) in [6.07, 6.45) is 0. The van der Waals surface area contributed by atoms with Gasteiger partial charge in [-0.15, -0.1) is 0 Å². The summed E-state index contributed by atoms with van der Waals surface area (Å²) in [6, 6.07) is 4.04. The fraction of sp³-hybridized carbons (Fsp3) is 0.300. The van der Waals surface area contributed by atoms with Gasteiger partial charge in [0.2, 0.25) is 0 Å². The first-order chi connectivity index (χ1) is 8.93. The number of nitrogens with zero attached hydrogens (tertiary/aromatic N) is 1. The Morgan fingerprint density at radius 3 is 2.68 bits per heavy atom. The average Bonchev–Trinajstić information content (AvgIpc) is 2.35. The van der Waals surface area contributed by atoms with Crippen LogP contribution >= 0.6 is 0 Å². The molecule has 0 heterocycles. The van der Waals surface area contributed by atoms with Crippen molar-refractivity contribution in [2.45, 2.75) is 6.61 Å². The average molecular weight is 288 g/mol. The van der Waals surface area contributed by atoms with Crippen molar-refractivity contribution in [1.82, 2.24) is 0 Å². The summed E-state index contributed by atoms with van der Waals surface area (Å²) in [5, 5.41) is 10.8. The Kier molecular flexibility index (Phi) is 5.39. The number of benzene rings is 1. The van der Waals surface area contributed by atoms with E-state index in [9.17, 15) is 23.7 Å². The third-order valence-electron chi connectivity index (χ3n) is 2.08. The lowest BCUT2D eigenvalue weighted by atomic mass is 10.2. The van der Waals surface area contributed by atoms with Crippen molar-refractivity contribution in [3.63, 3.8) is 0 Å². The summed E-state index contributed by atoms with van der Waals surface area (Å²) in [7, 11) is 1.30. The van der Waals surface area contributed by atoms with Crippen LogP contribution in [0, 0.1) is 10.1 Å². The highest BCUT2D eigenvalue weighted by Crippen LogP contribution is 2.27. The molecule has 1 aromatic carbocycles. The number of methoxy groups -OCH3 is 1. The molecule has 8 nitrogen and oxygen atoms in total. The molecule has 1 aromatic rings. The van der Waals surface area contributed by atoms with Crippen LogP contribution in [0.25, 0.3) is 0 Å². The van der Waals surface area contributed by atoms with E-state index in [0.717, 1.165) is 0 Å². The van der Waals surface area contributed by atoms with Gasteiger partial charge in [0.25, 0.3) is 0 Å². The number of carbonyl (C=O) groups is 1. The van der Waals surface area contributed by atoms with Gasteiger partial charge >= 0.3 is 11.7 Å². The van der Waals surface area contributed by atoms with Gasteiger partial charge in [0, 0.05) is 6.07 Å². The second kappa shape index (κ2) is 6.81. The van der Waals surface area contributed by atoms with Gasteiger partial charge in [-0.2, -0.15) is 0 Å². The maximum absolute atomic E-state index is 11.0. The van der Waals surface area contributed by atoms with Crippen LogP contribution in [-0.4, -0.2) is 32.5 Å². The number of nitro benzene ring substituents is 1. The van der Waals surface area contributed by atoms with E-state index < -0.39 is 27.7 Å². The molecule has 0 fully saturated rings. The molecule has 0 N–H and O–H groups in total. The Morgan fingerprint density at radius 2 is 2.16 bits per heavy atom. The predicted molar refractivity (Wildman–Crippen MR) is 63.2 cm³/mol. The van der Waals surface area contributed by atoms with E-state index in [1.54, 1.807) is 0 Å². The molecule has 9 heteroatoms. The standard InChI is InChI=1S/C10H11NO7S/c1-17-9-3-2-7(4-8(9)11(13)14)5-18-10(12)6-19(15)16/h2-4H,5-6H2,1H3,(H,15,16)/p-1. The number of esters is 1. The fourth-order valence-corrected chi connectivity index (χ4v) is 1.55. The number of nitro groups is 1. The van der Waals surface area contributed by atoms with Crippen molar-refractivity contribution < 1.29 is 28.0 Å². The lowest BCUT2D eigenvalue weighted by Crippen LogP contribution is -2.13. The molecule has 0 bridgehead atoms. The van der Waals surface area contributed by atoms with E-state index in [2.05, 4.69) is 4.74 Å². The number of hydrogen-bond donors (Lipinski definition) is 0. The summed E-state index contributed by atoms with van der Waals surface area (Å²) in [5.41, 5.74) is 0.0981. The van der Waals surface area contributed by atoms with Gasteiger partial charge in [-0.1, -0.05) is 6.07 Å². The van der Waals surface area contributed by atoms with E-state index >= 15 is 0 Å². The Bertz CT molecular complexity index is 517. The molecule has 19 heavy (non-hydrogen) atoms. The lowest BCUT2D eigenvalue weighted by Gasteiger charge is -2.07. The Balaban J connectivity index is 2.75. The van der Waals surface area contributed by atoms with Crippen LogP contribution in [0.3, 0.4) is 0 Å². The Labute approximate surface area is 110 Å². The summed E-state index contributed by atoms with van der Waals surface area (Å²) >= 11 is -2.52. The van der Waals surface area contributed by atoms with Crippen molar-refractivity contribution in [3.05, 3.63) is 33.9 Å². The molecule has 0 aliphatic heterocycles. The zero-order valence-corrected chi connectivity index (χ0v) is 10.7. The van der Waals surface area contributed by atoms with Crippen molar-refractivity contribution in [2.24, 2.45) is 0 Å². The number of carbonyl (C=O) groups excluding carboxylic acids is 1. The molecule has 104 valence electrons. The molecule has 0 aromatic heterocycles. The quantitative estimate of drug-likeness (QED) is 0.324. The van der Waals surface area contributed by atoms with E-state index in [1.807, 2.05) is 0 Å². The van der Waals surface area contributed by atoms with Gasteiger partial charge < -0.3 is 14.0 Å². The maximum atomic E-state index is 11.0. The van der Waals surface area contributed by atoms with Crippen LogP contribution in [0.4, 0.5) is 5.69 Å². The molecule has 1 rings (SSSR count). The van der Waals surface area contributed by atoms with Crippen LogP contribution in [0.2, 0.25) is 0 Å². The van der Waals surface area contributed by atoms with Gasteiger partial charge in [-0.3, -0.25) is 19.1 Å².